The average molecular weight is 519 g/mol. The summed E-state index contributed by atoms with van der Waals surface area (Å²) in [5, 5.41) is 3.39. The highest BCUT2D eigenvalue weighted by Gasteiger charge is 2.37. The van der Waals surface area contributed by atoms with Gasteiger partial charge in [-0.15, -0.1) is 11.3 Å². The summed E-state index contributed by atoms with van der Waals surface area (Å²) in [6, 6.07) is 6.28. The number of aromatic nitrogens is 2. The lowest BCUT2D eigenvalue weighted by atomic mass is 10.0. The van der Waals surface area contributed by atoms with E-state index >= 15 is 0 Å². The second kappa shape index (κ2) is 9.88. The van der Waals surface area contributed by atoms with Gasteiger partial charge in [0.25, 0.3) is 0 Å². The molecule has 10 nitrogen and oxygen atoms in total. The Kier molecular flexibility index (Phi) is 7.06. The minimum Gasteiger partial charge on any atom is -0.464 e. The summed E-state index contributed by atoms with van der Waals surface area (Å²) in [5.41, 5.74) is 1.76. The Hall–Kier alpha value is -3.09. The van der Waals surface area contributed by atoms with Crippen molar-refractivity contribution in [1.82, 2.24) is 14.9 Å². The number of anilines is 1. The number of amides is 1. The molecule has 0 bridgehead atoms. The molecule has 0 aliphatic carbocycles. The van der Waals surface area contributed by atoms with Gasteiger partial charge in [0.05, 0.1) is 36.7 Å². The summed E-state index contributed by atoms with van der Waals surface area (Å²) in [4.78, 5) is 36.6. The number of sulfone groups is 1. The molecule has 1 amide bonds. The van der Waals surface area contributed by atoms with Gasteiger partial charge in [0.2, 0.25) is 11.8 Å². The van der Waals surface area contributed by atoms with Gasteiger partial charge in [-0.3, -0.25) is 9.69 Å². The molecule has 35 heavy (non-hydrogen) atoms. The Balaban J connectivity index is 1.42. The number of benzene rings is 1. The van der Waals surface area contributed by atoms with Crippen molar-refractivity contribution in [2.75, 3.05) is 18.7 Å². The van der Waals surface area contributed by atoms with Crippen molar-refractivity contribution < 1.29 is 27.2 Å². The zero-order valence-corrected chi connectivity index (χ0v) is 21.4. The third-order valence-electron chi connectivity index (χ3n) is 5.63. The lowest BCUT2D eigenvalue weighted by Gasteiger charge is -2.26. The predicted molar refractivity (Wildman–Crippen MR) is 129 cm³/mol. The van der Waals surface area contributed by atoms with E-state index in [0.717, 1.165) is 16.8 Å². The Bertz CT molecular complexity index is 1340. The molecular formula is C23H26N4O6S2. The van der Waals surface area contributed by atoms with Crippen LogP contribution in [0.3, 0.4) is 0 Å². The van der Waals surface area contributed by atoms with Crippen LogP contribution in [0.15, 0.2) is 39.8 Å². The summed E-state index contributed by atoms with van der Waals surface area (Å²) in [6.07, 6.45) is 2.55. The van der Waals surface area contributed by atoms with Gasteiger partial charge >= 0.3 is 5.97 Å². The molecule has 4 rings (SSSR count). The highest BCUT2D eigenvalue weighted by Crippen LogP contribution is 2.43. The lowest BCUT2D eigenvalue weighted by Crippen LogP contribution is -2.26. The van der Waals surface area contributed by atoms with Crippen LogP contribution in [0.25, 0.3) is 0 Å². The maximum Gasteiger partial charge on any atom is 0.360 e. The molecule has 1 unspecified atom stereocenters. The largest absolute Gasteiger partial charge is 0.464 e. The number of oxazole rings is 1. The Labute approximate surface area is 207 Å². The smallest absolute Gasteiger partial charge is 0.360 e. The molecule has 12 heteroatoms. The molecule has 0 saturated heterocycles. The van der Waals surface area contributed by atoms with Crippen molar-refractivity contribution in [3.05, 3.63) is 58.2 Å². The van der Waals surface area contributed by atoms with Crippen molar-refractivity contribution in [3.63, 3.8) is 0 Å². The minimum absolute atomic E-state index is 0.00363. The molecule has 0 radical (unpaired) electrons. The fourth-order valence-corrected chi connectivity index (χ4v) is 5.74. The molecule has 0 saturated carbocycles. The monoisotopic (exact) mass is 518 g/mol. The molecule has 0 fully saturated rings. The maximum atomic E-state index is 12.6. The molecule has 0 spiro atoms. The third kappa shape index (κ3) is 5.60. The number of thiazole rings is 1. The maximum absolute atomic E-state index is 12.6. The first-order valence-corrected chi connectivity index (χ1v) is 13.6. The first kappa shape index (κ1) is 25.0. The fraction of sp³-hybridized carbons (Fsp3) is 0.391. The Morgan fingerprint density at radius 2 is 1.97 bits per heavy atom. The van der Waals surface area contributed by atoms with Crippen molar-refractivity contribution in [3.8, 4) is 0 Å². The zero-order chi connectivity index (χ0) is 25.3. The quantitative estimate of drug-likeness (QED) is 0.446. The zero-order valence-electron chi connectivity index (χ0n) is 19.8. The van der Waals surface area contributed by atoms with E-state index in [1.165, 1.54) is 36.8 Å². The molecule has 2 aromatic heterocycles. The summed E-state index contributed by atoms with van der Waals surface area (Å²) in [7, 11) is -1.99. The van der Waals surface area contributed by atoms with E-state index in [2.05, 4.69) is 33.8 Å². The highest BCUT2D eigenvalue weighted by molar-refractivity contribution is 7.90. The first-order chi connectivity index (χ1) is 16.5. The standard InChI is InChI=1S/C23H26N4O6S2/c1-13(2)21-20-17(10-27(21)11-19-24-16(12-33-19)22(29)32-3)34-23(26-20)25-18(28)9-14-5-7-15(8-6-14)35(4,30)31/h5-8,12-13,21H,9-11H2,1-4H3,(H,25,26,28). The number of esters is 1. The van der Waals surface area contributed by atoms with E-state index in [9.17, 15) is 18.0 Å². The van der Waals surface area contributed by atoms with Crippen LogP contribution in [0.1, 0.15) is 52.4 Å². The average Bonchev–Trinajstić information content (AvgIpc) is 3.47. The van der Waals surface area contributed by atoms with E-state index in [1.807, 2.05) is 0 Å². The van der Waals surface area contributed by atoms with Gasteiger partial charge in [0.15, 0.2) is 20.7 Å². The third-order valence-corrected chi connectivity index (χ3v) is 7.73. The van der Waals surface area contributed by atoms with E-state index in [-0.39, 0.29) is 34.9 Å². The molecule has 1 atom stereocenters. The van der Waals surface area contributed by atoms with Crippen molar-refractivity contribution >= 4 is 38.2 Å². The van der Waals surface area contributed by atoms with Crippen LogP contribution >= 0.6 is 11.3 Å². The summed E-state index contributed by atoms with van der Waals surface area (Å²) < 4.78 is 33.3. The van der Waals surface area contributed by atoms with Crippen molar-refractivity contribution in [2.45, 2.75) is 44.3 Å². The van der Waals surface area contributed by atoms with E-state index in [0.29, 0.717) is 29.7 Å². The number of carbonyl (C=O) groups is 2. The fourth-order valence-electron chi connectivity index (χ4n) is 4.07. The normalized spacial score (nSPS) is 15.9. The number of carbonyl (C=O) groups excluding carboxylic acids is 2. The number of hydrogen-bond donors (Lipinski definition) is 1. The molecule has 3 heterocycles. The van der Waals surface area contributed by atoms with Gasteiger partial charge in [-0.2, -0.15) is 0 Å². The summed E-state index contributed by atoms with van der Waals surface area (Å²) in [6.45, 7) is 5.22. The second-order valence-electron chi connectivity index (χ2n) is 8.68. The van der Waals surface area contributed by atoms with Crippen molar-refractivity contribution in [1.29, 1.82) is 0 Å². The van der Waals surface area contributed by atoms with Gasteiger partial charge in [0, 0.05) is 17.7 Å². The van der Waals surface area contributed by atoms with Gasteiger partial charge < -0.3 is 14.5 Å². The topological polar surface area (TPSA) is 132 Å². The molecule has 1 aliphatic rings. The highest BCUT2D eigenvalue weighted by atomic mass is 32.2. The predicted octanol–water partition coefficient (Wildman–Crippen LogP) is 3.22. The van der Waals surface area contributed by atoms with Crippen LogP contribution in [0, 0.1) is 5.92 Å². The number of hydrogen-bond acceptors (Lipinski definition) is 10. The molecule has 3 aromatic rings. The van der Waals surface area contributed by atoms with E-state index in [1.54, 1.807) is 12.1 Å². The van der Waals surface area contributed by atoms with Crippen LogP contribution in [-0.4, -0.2) is 48.5 Å². The van der Waals surface area contributed by atoms with Gasteiger partial charge in [-0.1, -0.05) is 26.0 Å². The van der Waals surface area contributed by atoms with Crippen LogP contribution in [0.5, 0.6) is 0 Å². The Morgan fingerprint density at radius 3 is 2.60 bits per heavy atom. The number of ether oxygens (including phenoxy) is 1. The second-order valence-corrected chi connectivity index (χ2v) is 11.8. The number of rotatable bonds is 8. The summed E-state index contributed by atoms with van der Waals surface area (Å²) in [5.74, 6) is -0.112. The van der Waals surface area contributed by atoms with Crippen LogP contribution in [-0.2, 0) is 38.9 Å². The van der Waals surface area contributed by atoms with E-state index in [4.69, 9.17) is 9.40 Å². The van der Waals surface area contributed by atoms with Gasteiger partial charge in [-0.05, 0) is 23.6 Å². The Morgan fingerprint density at radius 1 is 1.26 bits per heavy atom. The summed E-state index contributed by atoms with van der Waals surface area (Å²) >= 11 is 1.43. The number of fused-ring (bicyclic) bond motifs is 1. The molecule has 1 aromatic carbocycles. The molecule has 1 N–H and O–H groups in total. The van der Waals surface area contributed by atoms with Gasteiger partial charge in [0.1, 0.15) is 6.26 Å². The SMILES string of the molecule is COC(=O)c1coc(CN2Cc3sc(NC(=O)Cc4ccc(S(C)(=O)=O)cc4)nc3C2C(C)C)n1. The number of nitrogens with one attached hydrogen (secondary N) is 1. The van der Waals surface area contributed by atoms with Crippen LogP contribution in [0.4, 0.5) is 5.13 Å². The first-order valence-electron chi connectivity index (χ1n) is 10.9. The lowest BCUT2D eigenvalue weighted by molar-refractivity contribution is -0.115. The number of nitrogens with zero attached hydrogens (tertiary/aromatic N) is 3. The minimum atomic E-state index is -3.28. The van der Waals surface area contributed by atoms with Crippen LogP contribution < -0.4 is 5.32 Å². The van der Waals surface area contributed by atoms with Gasteiger partial charge in [-0.25, -0.2) is 23.2 Å². The number of methoxy groups -OCH3 is 1. The molecule has 1 aliphatic heterocycles. The molecular weight excluding hydrogens is 492 g/mol. The van der Waals surface area contributed by atoms with Crippen LogP contribution in [0.2, 0.25) is 0 Å². The van der Waals surface area contributed by atoms with Crippen molar-refractivity contribution in [2.24, 2.45) is 5.92 Å². The molecule has 186 valence electrons. The van der Waals surface area contributed by atoms with E-state index < -0.39 is 15.8 Å².